The van der Waals surface area contributed by atoms with Crippen molar-refractivity contribution in [2.45, 2.75) is 19.1 Å². The highest BCUT2D eigenvalue weighted by atomic mass is 16.5. The fourth-order valence-corrected chi connectivity index (χ4v) is 1.77. The van der Waals surface area contributed by atoms with E-state index in [9.17, 15) is 0 Å². The van der Waals surface area contributed by atoms with Crippen LogP contribution >= 0.6 is 0 Å². The summed E-state index contributed by atoms with van der Waals surface area (Å²) in [5.41, 5.74) is 7.94. The van der Waals surface area contributed by atoms with Gasteiger partial charge in [0.05, 0.1) is 12.5 Å². The number of nitrogens with two attached hydrogens (primary N) is 1. The van der Waals surface area contributed by atoms with Crippen molar-refractivity contribution in [2.75, 3.05) is 0 Å². The average Bonchev–Trinajstić information content (AvgIpc) is 2.47. The van der Waals surface area contributed by atoms with Crippen LogP contribution in [0.2, 0.25) is 0 Å². The van der Waals surface area contributed by atoms with Crippen molar-refractivity contribution in [2.24, 2.45) is 5.73 Å². The molecule has 0 aromatic heterocycles. The molecule has 3 nitrogen and oxygen atoms in total. The van der Waals surface area contributed by atoms with E-state index < -0.39 is 0 Å². The Morgan fingerprint density at radius 2 is 1.74 bits per heavy atom. The van der Waals surface area contributed by atoms with E-state index in [2.05, 4.69) is 6.07 Å². The number of ether oxygens (including phenoxy) is 1. The van der Waals surface area contributed by atoms with Crippen LogP contribution in [0.4, 0.5) is 0 Å². The number of nitrogens with zero attached hydrogens (tertiary/aromatic N) is 1. The summed E-state index contributed by atoms with van der Waals surface area (Å²) in [6.45, 7) is 0.546. The SMILES string of the molecule is N#CC[C@@H](N)c1ccc(OCc2ccccc2)cc1. The van der Waals surface area contributed by atoms with Crippen molar-refractivity contribution < 1.29 is 4.74 Å². The third kappa shape index (κ3) is 3.84. The Labute approximate surface area is 113 Å². The monoisotopic (exact) mass is 252 g/mol. The van der Waals surface area contributed by atoms with E-state index in [1.807, 2.05) is 54.6 Å². The summed E-state index contributed by atoms with van der Waals surface area (Å²) in [6, 6.07) is 19.4. The van der Waals surface area contributed by atoms with E-state index in [4.69, 9.17) is 15.7 Å². The van der Waals surface area contributed by atoms with Crippen LogP contribution in [0.5, 0.6) is 5.75 Å². The van der Waals surface area contributed by atoms with Gasteiger partial charge in [-0.15, -0.1) is 0 Å². The highest BCUT2D eigenvalue weighted by Gasteiger charge is 2.05. The van der Waals surface area contributed by atoms with Gasteiger partial charge in [0, 0.05) is 6.04 Å². The zero-order valence-electron chi connectivity index (χ0n) is 10.6. The molecule has 0 heterocycles. The molecule has 0 bridgehead atoms. The molecular weight excluding hydrogens is 236 g/mol. The first-order chi connectivity index (χ1) is 9.29. The molecular formula is C16H16N2O. The molecule has 2 aromatic carbocycles. The van der Waals surface area contributed by atoms with Crippen LogP contribution in [0.15, 0.2) is 54.6 Å². The average molecular weight is 252 g/mol. The van der Waals surface area contributed by atoms with Gasteiger partial charge < -0.3 is 10.5 Å². The fraction of sp³-hybridized carbons (Fsp3) is 0.188. The first kappa shape index (κ1) is 13.1. The van der Waals surface area contributed by atoms with Crippen molar-refractivity contribution in [3.8, 4) is 11.8 Å². The predicted molar refractivity (Wildman–Crippen MR) is 74.4 cm³/mol. The van der Waals surface area contributed by atoms with Gasteiger partial charge in [0.1, 0.15) is 12.4 Å². The first-order valence-corrected chi connectivity index (χ1v) is 6.19. The molecule has 96 valence electrons. The van der Waals surface area contributed by atoms with E-state index in [1.165, 1.54) is 0 Å². The molecule has 0 aliphatic heterocycles. The van der Waals surface area contributed by atoms with Crippen LogP contribution < -0.4 is 10.5 Å². The second-order valence-corrected chi connectivity index (χ2v) is 4.31. The van der Waals surface area contributed by atoms with Crippen LogP contribution in [0, 0.1) is 11.3 Å². The molecule has 19 heavy (non-hydrogen) atoms. The topological polar surface area (TPSA) is 59.0 Å². The maximum absolute atomic E-state index is 8.61. The molecule has 2 rings (SSSR count). The minimum absolute atomic E-state index is 0.229. The molecule has 0 saturated heterocycles. The zero-order chi connectivity index (χ0) is 13.5. The van der Waals surface area contributed by atoms with Crippen molar-refractivity contribution in [3.63, 3.8) is 0 Å². The fourth-order valence-electron chi connectivity index (χ4n) is 1.77. The Kier molecular flexibility index (Phi) is 4.54. The maximum Gasteiger partial charge on any atom is 0.119 e. The molecule has 0 unspecified atom stereocenters. The summed E-state index contributed by atoms with van der Waals surface area (Å²) in [6.07, 6.45) is 0.324. The molecule has 2 aromatic rings. The number of rotatable bonds is 5. The Morgan fingerprint density at radius 3 is 2.37 bits per heavy atom. The Hall–Kier alpha value is -2.31. The van der Waals surface area contributed by atoms with Gasteiger partial charge in [0.15, 0.2) is 0 Å². The van der Waals surface area contributed by atoms with Gasteiger partial charge in [0.25, 0.3) is 0 Å². The van der Waals surface area contributed by atoms with Crippen LogP contribution in [-0.2, 0) is 6.61 Å². The van der Waals surface area contributed by atoms with E-state index >= 15 is 0 Å². The van der Waals surface area contributed by atoms with Gasteiger partial charge in [-0.1, -0.05) is 42.5 Å². The molecule has 0 aliphatic rings. The summed E-state index contributed by atoms with van der Waals surface area (Å²) in [5.74, 6) is 0.803. The lowest BCUT2D eigenvalue weighted by atomic mass is 10.1. The standard InChI is InChI=1S/C16H16N2O/c17-11-10-16(18)14-6-8-15(9-7-14)19-12-13-4-2-1-3-5-13/h1-9,16H,10,12,18H2/t16-/m1/s1. The summed E-state index contributed by atoms with van der Waals surface area (Å²) in [4.78, 5) is 0. The lowest BCUT2D eigenvalue weighted by Crippen LogP contribution is -2.08. The van der Waals surface area contributed by atoms with E-state index in [1.54, 1.807) is 0 Å². The van der Waals surface area contributed by atoms with Gasteiger partial charge in [-0.25, -0.2) is 0 Å². The summed E-state index contributed by atoms with van der Waals surface area (Å²) < 4.78 is 5.68. The summed E-state index contributed by atoms with van der Waals surface area (Å²) in [5, 5.41) is 8.61. The van der Waals surface area contributed by atoms with Gasteiger partial charge in [-0.3, -0.25) is 0 Å². The largest absolute Gasteiger partial charge is 0.489 e. The molecule has 0 aliphatic carbocycles. The third-order valence-corrected chi connectivity index (χ3v) is 2.87. The van der Waals surface area contributed by atoms with Crippen LogP contribution in [0.25, 0.3) is 0 Å². The third-order valence-electron chi connectivity index (χ3n) is 2.87. The molecule has 3 heteroatoms. The highest BCUT2D eigenvalue weighted by Crippen LogP contribution is 2.19. The molecule has 0 spiro atoms. The smallest absolute Gasteiger partial charge is 0.119 e. The van der Waals surface area contributed by atoms with Crippen molar-refractivity contribution in [1.29, 1.82) is 5.26 Å². The molecule has 0 amide bonds. The van der Waals surface area contributed by atoms with Crippen molar-refractivity contribution in [1.82, 2.24) is 0 Å². The summed E-state index contributed by atoms with van der Waals surface area (Å²) in [7, 11) is 0. The minimum Gasteiger partial charge on any atom is -0.489 e. The number of benzene rings is 2. The lowest BCUT2D eigenvalue weighted by Gasteiger charge is -2.10. The predicted octanol–water partition coefficient (Wildman–Crippen LogP) is 3.18. The normalized spacial score (nSPS) is 11.6. The van der Waals surface area contributed by atoms with E-state index in [0.717, 1.165) is 16.9 Å². The van der Waals surface area contributed by atoms with E-state index in [0.29, 0.717) is 13.0 Å². The van der Waals surface area contributed by atoms with Crippen LogP contribution in [0.3, 0.4) is 0 Å². The summed E-state index contributed by atoms with van der Waals surface area (Å²) >= 11 is 0. The molecule has 1 atom stereocenters. The van der Waals surface area contributed by atoms with E-state index in [-0.39, 0.29) is 6.04 Å². The maximum atomic E-state index is 8.61. The van der Waals surface area contributed by atoms with Gasteiger partial charge in [0.2, 0.25) is 0 Å². The Morgan fingerprint density at radius 1 is 1.05 bits per heavy atom. The second-order valence-electron chi connectivity index (χ2n) is 4.31. The molecule has 0 radical (unpaired) electrons. The minimum atomic E-state index is -0.229. The number of hydrogen-bond acceptors (Lipinski definition) is 3. The van der Waals surface area contributed by atoms with Crippen molar-refractivity contribution in [3.05, 3.63) is 65.7 Å². The van der Waals surface area contributed by atoms with Gasteiger partial charge in [-0.05, 0) is 23.3 Å². The quantitative estimate of drug-likeness (QED) is 0.889. The van der Waals surface area contributed by atoms with Gasteiger partial charge >= 0.3 is 0 Å². The van der Waals surface area contributed by atoms with Gasteiger partial charge in [-0.2, -0.15) is 5.26 Å². The first-order valence-electron chi connectivity index (χ1n) is 6.19. The Balaban J connectivity index is 1.94. The highest BCUT2D eigenvalue weighted by molar-refractivity contribution is 5.29. The second kappa shape index (κ2) is 6.58. The number of hydrogen-bond donors (Lipinski definition) is 1. The van der Waals surface area contributed by atoms with Crippen LogP contribution in [-0.4, -0.2) is 0 Å². The number of nitriles is 1. The molecule has 0 fully saturated rings. The van der Waals surface area contributed by atoms with Crippen LogP contribution in [0.1, 0.15) is 23.6 Å². The molecule has 2 N–H and O–H groups in total. The van der Waals surface area contributed by atoms with Crippen molar-refractivity contribution >= 4 is 0 Å². The zero-order valence-corrected chi connectivity index (χ0v) is 10.6. The Bertz CT molecular complexity index is 543. The lowest BCUT2D eigenvalue weighted by molar-refractivity contribution is 0.306. The molecule has 0 saturated carbocycles.